The lowest BCUT2D eigenvalue weighted by Crippen LogP contribution is -1.92. The van der Waals surface area contributed by atoms with Crippen LogP contribution in [0.1, 0.15) is 0 Å². The van der Waals surface area contributed by atoms with Crippen molar-refractivity contribution in [3.8, 4) is 33.4 Å². The molecule has 51 heavy (non-hydrogen) atoms. The molecule has 0 fully saturated rings. The summed E-state index contributed by atoms with van der Waals surface area (Å²) in [5.74, 6) is 0. The summed E-state index contributed by atoms with van der Waals surface area (Å²) in [4.78, 5) is 0. The molecule has 0 saturated carbocycles. The molecular formula is C50H30O. The van der Waals surface area contributed by atoms with Crippen molar-refractivity contribution in [3.63, 3.8) is 0 Å². The highest BCUT2D eigenvalue weighted by atomic mass is 16.3. The van der Waals surface area contributed by atoms with E-state index in [1.54, 1.807) is 0 Å². The second-order valence-electron chi connectivity index (χ2n) is 13.6. The maximum atomic E-state index is 6.36. The van der Waals surface area contributed by atoms with Gasteiger partial charge in [0.15, 0.2) is 0 Å². The van der Waals surface area contributed by atoms with Crippen molar-refractivity contribution < 1.29 is 4.42 Å². The predicted molar refractivity (Wildman–Crippen MR) is 218 cm³/mol. The van der Waals surface area contributed by atoms with E-state index in [-0.39, 0.29) is 0 Å². The lowest BCUT2D eigenvalue weighted by molar-refractivity contribution is 0.669. The SMILES string of the molecule is c1ccc2cc(-c3c4ccccc4c(-c4ccc(-c5ccc6oc7cc8ccccc8cc7c6c5)c5ccccc45)c4ccccc34)ccc2c1. The fourth-order valence-electron chi connectivity index (χ4n) is 8.47. The normalized spacial score (nSPS) is 11.9. The predicted octanol–water partition coefficient (Wildman–Crippen LogP) is 14.4. The van der Waals surface area contributed by atoms with Crippen LogP contribution in [0.2, 0.25) is 0 Å². The summed E-state index contributed by atoms with van der Waals surface area (Å²) >= 11 is 0. The quantitative estimate of drug-likeness (QED) is 0.174. The van der Waals surface area contributed by atoms with E-state index in [9.17, 15) is 0 Å². The zero-order valence-electron chi connectivity index (χ0n) is 27.7. The minimum atomic E-state index is 0.912. The Hall–Kier alpha value is -6.70. The van der Waals surface area contributed by atoms with Gasteiger partial charge in [-0.2, -0.15) is 0 Å². The Kier molecular flexibility index (Phi) is 6.02. The molecule has 1 nitrogen and oxygen atoms in total. The van der Waals surface area contributed by atoms with Gasteiger partial charge in [0, 0.05) is 10.8 Å². The number of benzene rings is 10. The third-order valence-electron chi connectivity index (χ3n) is 10.8. The molecule has 0 spiro atoms. The Balaban J connectivity index is 1.15. The maximum absolute atomic E-state index is 6.36. The first kappa shape index (κ1) is 28.2. The van der Waals surface area contributed by atoms with Crippen LogP contribution in [0.3, 0.4) is 0 Å². The number of hydrogen-bond donors (Lipinski definition) is 0. The van der Waals surface area contributed by atoms with E-state index >= 15 is 0 Å². The van der Waals surface area contributed by atoms with Crippen LogP contribution in [-0.2, 0) is 0 Å². The molecule has 0 radical (unpaired) electrons. The molecular weight excluding hydrogens is 617 g/mol. The summed E-state index contributed by atoms with van der Waals surface area (Å²) in [6, 6.07) is 66.5. The van der Waals surface area contributed by atoms with Gasteiger partial charge in [-0.1, -0.05) is 152 Å². The van der Waals surface area contributed by atoms with E-state index in [4.69, 9.17) is 4.42 Å². The first-order valence-electron chi connectivity index (χ1n) is 17.6. The van der Waals surface area contributed by atoms with Gasteiger partial charge in [0.05, 0.1) is 0 Å². The van der Waals surface area contributed by atoms with E-state index in [1.807, 2.05) is 0 Å². The average Bonchev–Trinajstić information content (AvgIpc) is 3.55. The van der Waals surface area contributed by atoms with Crippen molar-refractivity contribution in [1.29, 1.82) is 0 Å². The Bertz CT molecular complexity index is 3140. The fraction of sp³-hybridized carbons (Fsp3) is 0. The van der Waals surface area contributed by atoms with Gasteiger partial charge in [-0.3, -0.25) is 0 Å². The Morgan fingerprint density at radius 1 is 0.255 bits per heavy atom. The number of furan rings is 1. The molecule has 1 aromatic heterocycles. The topological polar surface area (TPSA) is 13.1 Å². The van der Waals surface area contributed by atoms with E-state index in [0.29, 0.717) is 0 Å². The third-order valence-corrected chi connectivity index (χ3v) is 10.8. The molecule has 0 aliphatic carbocycles. The summed E-state index contributed by atoms with van der Waals surface area (Å²) in [5.41, 5.74) is 9.27. The summed E-state index contributed by atoms with van der Waals surface area (Å²) in [7, 11) is 0. The molecule has 0 unspecified atom stereocenters. The Morgan fingerprint density at radius 3 is 1.43 bits per heavy atom. The third kappa shape index (κ3) is 4.28. The molecule has 1 heterocycles. The van der Waals surface area contributed by atoms with E-state index in [1.165, 1.54) is 87.2 Å². The maximum Gasteiger partial charge on any atom is 0.136 e. The van der Waals surface area contributed by atoms with Gasteiger partial charge in [0.2, 0.25) is 0 Å². The second kappa shape index (κ2) is 10.9. The van der Waals surface area contributed by atoms with Gasteiger partial charge in [0.25, 0.3) is 0 Å². The van der Waals surface area contributed by atoms with Crippen LogP contribution in [0.4, 0.5) is 0 Å². The minimum Gasteiger partial charge on any atom is -0.456 e. The number of hydrogen-bond acceptors (Lipinski definition) is 1. The smallest absolute Gasteiger partial charge is 0.136 e. The van der Waals surface area contributed by atoms with Gasteiger partial charge in [-0.05, 0) is 118 Å². The standard InChI is InChI=1S/C50H30O/c1-2-12-32-27-36(22-21-31(32)11-1)49-40-17-7-9-19-42(40)50(43-20-10-8-18-41(43)49)44-25-24-37(38-15-5-6-16-39(38)44)35-23-26-47-45(29-35)46-28-33-13-3-4-14-34(33)30-48(46)51-47/h1-30H. The summed E-state index contributed by atoms with van der Waals surface area (Å²) in [6.45, 7) is 0. The molecule has 0 N–H and O–H groups in total. The van der Waals surface area contributed by atoms with Crippen LogP contribution in [0.15, 0.2) is 186 Å². The van der Waals surface area contributed by atoms with Crippen LogP contribution in [0.25, 0.3) is 109 Å². The van der Waals surface area contributed by atoms with Crippen molar-refractivity contribution in [3.05, 3.63) is 182 Å². The number of fused-ring (bicyclic) bond motifs is 8. The molecule has 0 aliphatic heterocycles. The molecule has 11 aromatic rings. The Labute approximate surface area is 294 Å². The molecule has 0 bridgehead atoms. The van der Waals surface area contributed by atoms with Gasteiger partial charge in [-0.25, -0.2) is 0 Å². The van der Waals surface area contributed by atoms with Crippen molar-refractivity contribution in [2.24, 2.45) is 0 Å². The van der Waals surface area contributed by atoms with Crippen LogP contribution < -0.4 is 0 Å². The molecule has 236 valence electrons. The Morgan fingerprint density at radius 2 is 0.745 bits per heavy atom. The molecule has 1 heteroatoms. The molecule has 0 saturated heterocycles. The molecule has 0 aliphatic rings. The van der Waals surface area contributed by atoms with Crippen LogP contribution >= 0.6 is 0 Å². The molecule has 11 rings (SSSR count). The lowest BCUT2D eigenvalue weighted by Gasteiger charge is -2.20. The van der Waals surface area contributed by atoms with E-state index < -0.39 is 0 Å². The van der Waals surface area contributed by atoms with Crippen LogP contribution in [0, 0.1) is 0 Å². The van der Waals surface area contributed by atoms with Crippen molar-refractivity contribution >= 4 is 75.8 Å². The fourth-order valence-corrected chi connectivity index (χ4v) is 8.47. The van der Waals surface area contributed by atoms with E-state index in [0.717, 1.165) is 21.9 Å². The van der Waals surface area contributed by atoms with Crippen LogP contribution in [-0.4, -0.2) is 0 Å². The summed E-state index contributed by atoms with van der Waals surface area (Å²) in [6.07, 6.45) is 0. The van der Waals surface area contributed by atoms with Crippen LogP contribution in [0.5, 0.6) is 0 Å². The van der Waals surface area contributed by atoms with Crippen molar-refractivity contribution in [1.82, 2.24) is 0 Å². The number of rotatable bonds is 3. The molecule has 0 amide bonds. The largest absolute Gasteiger partial charge is 0.456 e. The zero-order chi connectivity index (χ0) is 33.5. The van der Waals surface area contributed by atoms with Gasteiger partial charge >= 0.3 is 0 Å². The average molecular weight is 647 g/mol. The van der Waals surface area contributed by atoms with Gasteiger partial charge in [-0.15, -0.1) is 0 Å². The van der Waals surface area contributed by atoms with Crippen molar-refractivity contribution in [2.75, 3.05) is 0 Å². The van der Waals surface area contributed by atoms with E-state index in [2.05, 4.69) is 182 Å². The molecule has 10 aromatic carbocycles. The monoisotopic (exact) mass is 646 g/mol. The second-order valence-corrected chi connectivity index (χ2v) is 13.6. The lowest BCUT2D eigenvalue weighted by atomic mass is 9.83. The first-order chi connectivity index (χ1) is 25.3. The highest BCUT2D eigenvalue weighted by Gasteiger charge is 2.19. The van der Waals surface area contributed by atoms with Gasteiger partial charge < -0.3 is 4.42 Å². The molecule has 0 atom stereocenters. The first-order valence-corrected chi connectivity index (χ1v) is 17.6. The zero-order valence-corrected chi connectivity index (χ0v) is 27.7. The minimum absolute atomic E-state index is 0.912. The van der Waals surface area contributed by atoms with Gasteiger partial charge in [0.1, 0.15) is 11.2 Å². The highest BCUT2D eigenvalue weighted by molar-refractivity contribution is 6.24. The summed E-state index contributed by atoms with van der Waals surface area (Å²) < 4.78 is 6.36. The van der Waals surface area contributed by atoms with Crippen molar-refractivity contribution in [2.45, 2.75) is 0 Å². The highest BCUT2D eigenvalue weighted by Crippen LogP contribution is 2.47. The summed E-state index contributed by atoms with van der Waals surface area (Å²) in [5, 5.41) is 14.7.